The molecule has 1 heterocycles. The molecule has 1 aliphatic carbocycles. The first-order valence-corrected chi connectivity index (χ1v) is 8.70. The monoisotopic (exact) mass is 343 g/mol. The van der Waals surface area contributed by atoms with E-state index in [9.17, 15) is 26.4 Å². The number of hydrogen-bond acceptors (Lipinski definition) is 6. The van der Waals surface area contributed by atoms with Crippen molar-refractivity contribution < 1.29 is 31.2 Å². The molecule has 0 fully saturated rings. The molecule has 10 heteroatoms. The molecule has 0 aromatic heterocycles. The molecule has 5 nitrogen and oxygen atoms in total. The van der Waals surface area contributed by atoms with E-state index in [-0.39, 0.29) is 12.1 Å². The first kappa shape index (κ1) is 16.4. The van der Waals surface area contributed by atoms with Crippen LogP contribution < -0.4 is 0 Å². The summed E-state index contributed by atoms with van der Waals surface area (Å²) in [6, 6.07) is 0. The number of allylic oxidation sites excluding steroid dienone is 2. The molecule has 0 aromatic rings. The maximum absolute atomic E-state index is 12.5. The molecule has 0 bridgehead atoms. The first-order chi connectivity index (χ1) is 9.53. The summed E-state index contributed by atoms with van der Waals surface area (Å²) in [5, 5.41) is -0.174. The Morgan fingerprint density at radius 1 is 1.48 bits per heavy atom. The molecule has 0 aromatic carbocycles. The summed E-state index contributed by atoms with van der Waals surface area (Å²) >= 11 is 1.02. The Balaban J connectivity index is 2.50. The molecule has 0 spiro atoms. The summed E-state index contributed by atoms with van der Waals surface area (Å²) in [6.07, 6.45) is -3.07. The maximum Gasteiger partial charge on any atom is 0.544 e. The Bertz CT molecular complexity index is 636. The summed E-state index contributed by atoms with van der Waals surface area (Å²) in [6.45, 7) is 1.65. The molecule has 2 aliphatic rings. The van der Waals surface area contributed by atoms with E-state index in [1.807, 2.05) is 0 Å². The van der Waals surface area contributed by atoms with Gasteiger partial charge in [0.25, 0.3) is 0 Å². The van der Waals surface area contributed by atoms with Crippen molar-refractivity contribution in [2.45, 2.75) is 31.5 Å². The summed E-state index contributed by atoms with van der Waals surface area (Å²) in [5.41, 5.74) is -0.175. The van der Waals surface area contributed by atoms with Gasteiger partial charge in [-0.3, -0.25) is 4.79 Å². The number of hydroxylamine groups is 2. The number of halogens is 3. The number of hydrogen-bond donors (Lipinski definition) is 0. The molecule has 21 heavy (non-hydrogen) atoms. The van der Waals surface area contributed by atoms with Crippen LogP contribution in [0.1, 0.15) is 19.8 Å². The van der Waals surface area contributed by atoms with Gasteiger partial charge in [-0.2, -0.15) is 4.84 Å². The minimum absolute atomic E-state index is 0.118. The molecule has 0 amide bonds. The zero-order valence-corrected chi connectivity index (χ0v) is 12.7. The van der Waals surface area contributed by atoms with Crippen molar-refractivity contribution in [3.8, 4) is 0 Å². The van der Waals surface area contributed by atoms with Gasteiger partial charge < -0.3 is 0 Å². The van der Waals surface area contributed by atoms with Gasteiger partial charge in [0.1, 0.15) is 5.37 Å². The zero-order valence-electron chi connectivity index (χ0n) is 11.1. The average Bonchev–Trinajstić information content (AvgIpc) is 2.62. The van der Waals surface area contributed by atoms with E-state index in [1.165, 1.54) is 0 Å². The lowest BCUT2D eigenvalue weighted by Crippen LogP contribution is -2.36. The number of carbonyl (C=O) groups is 1. The summed E-state index contributed by atoms with van der Waals surface area (Å²) in [7, 11) is -3.85. The highest BCUT2D eigenvalue weighted by molar-refractivity contribution is 8.04. The third-order valence-electron chi connectivity index (χ3n) is 2.84. The molecule has 0 N–H and O–H groups in total. The average molecular weight is 343 g/mol. The van der Waals surface area contributed by atoms with Crippen molar-refractivity contribution in [2.24, 2.45) is 0 Å². The van der Waals surface area contributed by atoms with Crippen LogP contribution in [0.2, 0.25) is 0 Å². The summed E-state index contributed by atoms with van der Waals surface area (Å²) in [4.78, 5) is 15.4. The van der Waals surface area contributed by atoms with Gasteiger partial charge >= 0.3 is 6.36 Å². The van der Waals surface area contributed by atoms with E-state index in [0.29, 0.717) is 16.4 Å². The van der Waals surface area contributed by atoms with Crippen LogP contribution in [0.25, 0.3) is 0 Å². The third-order valence-corrected chi connectivity index (χ3v) is 5.36. The second kappa shape index (κ2) is 5.33. The van der Waals surface area contributed by atoms with Crippen LogP contribution in [0, 0.1) is 0 Å². The molecule has 0 radical (unpaired) electrons. The highest BCUT2D eigenvalue weighted by atomic mass is 32.2. The number of sulfone groups is 1. The number of rotatable bonds is 3. The van der Waals surface area contributed by atoms with E-state index < -0.39 is 32.3 Å². The van der Waals surface area contributed by atoms with Gasteiger partial charge in [0.05, 0.1) is 10.6 Å². The molecule has 0 saturated carbocycles. The molecule has 1 atom stereocenters. The largest absolute Gasteiger partial charge is 0.544 e. The van der Waals surface area contributed by atoms with Crippen molar-refractivity contribution in [1.29, 1.82) is 0 Å². The van der Waals surface area contributed by atoms with Crippen LogP contribution >= 0.6 is 11.8 Å². The van der Waals surface area contributed by atoms with Gasteiger partial charge in [-0.25, -0.2) is 13.5 Å². The van der Waals surface area contributed by atoms with Crippen molar-refractivity contribution >= 4 is 27.4 Å². The molecule has 1 unspecified atom stereocenters. The van der Waals surface area contributed by atoms with Crippen molar-refractivity contribution in [3.63, 3.8) is 0 Å². The van der Waals surface area contributed by atoms with E-state index in [1.54, 1.807) is 6.92 Å². The Labute approximate surface area is 123 Å². The Morgan fingerprint density at radius 2 is 2.10 bits per heavy atom. The number of thioether (sulfide) groups is 1. The van der Waals surface area contributed by atoms with E-state index in [4.69, 9.17) is 0 Å². The van der Waals surface area contributed by atoms with Crippen LogP contribution in [0.5, 0.6) is 0 Å². The Hall–Kier alpha value is -1.00. The highest BCUT2D eigenvalue weighted by Crippen LogP contribution is 2.48. The predicted octanol–water partition coefficient (Wildman–Crippen LogP) is 2.34. The summed E-state index contributed by atoms with van der Waals surface area (Å²) in [5.74, 6) is -0.453. The topological polar surface area (TPSA) is 63.7 Å². The Kier molecular flexibility index (Phi) is 4.15. The van der Waals surface area contributed by atoms with Crippen LogP contribution in [0.15, 0.2) is 21.6 Å². The summed E-state index contributed by atoms with van der Waals surface area (Å²) < 4.78 is 61.1. The van der Waals surface area contributed by atoms with Gasteiger partial charge in [0.2, 0.25) is 0 Å². The molecular formula is C11H12F3NO4S2. The van der Waals surface area contributed by atoms with Crippen LogP contribution in [-0.2, 0) is 19.5 Å². The van der Waals surface area contributed by atoms with Crippen LogP contribution in [-0.4, -0.2) is 37.3 Å². The van der Waals surface area contributed by atoms with Gasteiger partial charge in [-0.15, -0.1) is 24.9 Å². The Morgan fingerprint density at radius 3 is 2.57 bits per heavy atom. The minimum Gasteiger partial charge on any atom is -0.294 e. The van der Waals surface area contributed by atoms with E-state index >= 15 is 0 Å². The second-order valence-corrected chi connectivity index (χ2v) is 7.80. The number of carbonyl (C=O) groups excluding carboxylic acids is 1. The maximum atomic E-state index is 12.5. The van der Waals surface area contributed by atoms with E-state index in [2.05, 4.69) is 4.84 Å². The van der Waals surface area contributed by atoms with Crippen molar-refractivity contribution in [2.75, 3.05) is 6.26 Å². The predicted molar refractivity (Wildman–Crippen MR) is 70.2 cm³/mol. The molecule has 1 aliphatic heterocycles. The smallest absolute Gasteiger partial charge is 0.294 e. The van der Waals surface area contributed by atoms with Crippen molar-refractivity contribution in [1.82, 2.24) is 5.06 Å². The third kappa shape index (κ3) is 3.43. The van der Waals surface area contributed by atoms with E-state index in [0.717, 1.165) is 24.1 Å². The van der Waals surface area contributed by atoms with Gasteiger partial charge in [-0.05, 0) is 6.42 Å². The fourth-order valence-corrected chi connectivity index (χ4v) is 4.33. The number of nitrogens with zero attached hydrogens (tertiary/aromatic N) is 1. The first-order valence-electron chi connectivity index (χ1n) is 5.92. The molecule has 2 rings (SSSR count). The lowest BCUT2D eigenvalue weighted by Gasteiger charge is -2.28. The number of alkyl halides is 3. The minimum atomic E-state index is -4.94. The van der Waals surface area contributed by atoms with Crippen LogP contribution in [0.3, 0.4) is 0 Å². The molecule has 118 valence electrons. The van der Waals surface area contributed by atoms with Gasteiger partial charge in [0, 0.05) is 23.7 Å². The van der Waals surface area contributed by atoms with Crippen molar-refractivity contribution in [3.05, 3.63) is 21.6 Å². The normalized spacial score (nSPS) is 23.5. The quantitative estimate of drug-likeness (QED) is 0.784. The van der Waals surface area contributed by atoms with Gasteiger partial charge in [0.15, 0.2) is 15.6 Å². The standard InChI is InChI=1S/C11H12F3NO4S2/c1-3-9-15(19-11(12,13)14)10-7(20-9)4-6(16)5-8(10)21(2,17)18/h5,9H,3-4H2,1-2H3. The highest BCUT2D eigenvalue weighted by Gasteiger charge is 2.45. The number of ketones is 1. The van der Waals surface area contributed by atoms with Gasteiger partial charge in [-0.1, -0.05) is 6.92 Å². The second-order valence-electron chi connectivity index (χ2n) is 4.54. The molecule has 0 saturated heterocycles. The lowest BCUT2D eigenvalue weighted by atomic mass is 10.1. The SMILES string of the molecule is CCC1SC2=C(C(S(C)(=O)=O)=CC(=O)C2)N1OC(F)(F)F. The zero-order chi connectivity index (χ0) is 16.0. The fourth-order valence-electron chi connectivity index (χ4n) is 2.08. The van der Waals surface area contributed by atoms with Crippen LogP contribution in [0.4, 0.5) is 13.2 Å². The fraction of sp³-hybridized carbons (Fsp3) is 0.545. The lowest BCUT2D eigenvalue weighted by molar-refractivity contribution is -0.406. The molecular weight excluding hydrogens is 331 g/mol.